The maximum absolute atomic E-state index is 11.7. The maximum Gasteiger partial charge on any atom is 0.472 e. The summed E-state index contributed by atoms with van der Waals surface area (Å²) in [5.41, 5.74) is 0. The highest BCUT2D eigenvalue weighted by molar-refractivity contribution is 7.47. The van der Waals surface area contributed by atoms with Crippen LogP contribution in [-0.2, 0) is 13.6 Å². The Morgan fingerprint density at radius 3 is 1.59 bits per heavy atom. The number of phosphoric acid groups is 1. The Kier molecular flexibility index (Phi) is 11.1. The van der Waals surface area contributed by atoms with Gasteiger partial charge in [0.1, 0.15) is 0 Å². The zero-order valence-corrected chi connectivity index (χ0v) is 10.8. The first kappa shape index (κ1) is 17.0. The average molecular weight is 274 g/mol. The summed E-state index contributed by atoms with van der Waals surface area (Å²) in [6, 6.07) is 0. The first-order chi connectivity index (χ1) is 8.12. The minimum atomic E-state index is -3.98. The Morgan fingerprint density at radius 2 is 1.24 bits per heavy atom. The van der Waals surface area contributed by atoms with Crippen LogP contribution in [0, 0.1) is 0 Å². The molecule has 0 unspecified atom stereocenters. The van der Waals surface area contributed by atoms with Gasteiger partial charge < -0.3 is 4.89 Å². The summed E-state index contributed by atoms with van der Waals surface area (Å²) < 4.78 is 44.0. The number of alkyl halides is 2. The van der Waals surface area contributed by atoms with Crippen LogP contribution in [0.2, 0.25) is 0 Å². The molecule has 0 saturated carbocycles. The Morgan fingerprint density at radius 1 is 0.824 bits per heavy atom. The van der Waals surface area contributed by atoms with Gasteiger partial charge in [0.05, 0.1) is 26.6 Å². The summed E-state index contributed by atoms with van der Waals surface area (Å²) in [4.78, 5) is 9.19. The van der Waals surface area contributed by atoms with Gasteiger partial charge in [-0.25, -0.2) is 4.57 Å². The van der Waals surface area contributed by atoms with E-state index in [1.807, 2.05) is 0 Å². The van der Waals surface area contributed by atoms with Crippen molar-refractivity contribution >= 4 is 7.82 Å². The van der Waals surface area contributed by atoms with Gasteiger partial charge in [-0.3, -0.25) is 17.8 Å². The quantitative estimate of drug-likeness (QED) is 0.438. The molecule has 0 heterocycles. The second-order valence-electron chi connectivity index (χ2n) is 3.63. The van der Waals surface area contributed by atoms with E-state index in [0.29, 0.717) is 38.5 Å². The largest absolute Gasteiger partial charge is 0.472 e. The van der Waals surface area contributed by atoms with E-state index in [0.717, 1.165) is 0 Å². The Labute approximate surface area is 101 Å². The van der Waals surface area contributed by atoms with Gasteiger partial charge >= 0.3 is 7.82 Å². The van der Waals surface area contributed by atoms with E-state index < -0.39 is 7.82 Å². The van der Waals surface area contributed by atoms with Gasteiger partial charge in [0.25, 0.3) is 0 Å². The van der Waals surface area contributed by atoms with Crippen LogP contribution < -0.4 is 0 Å². The summed E-state index contributed by atoms with van der Waals surface area (Å²) in [7, 11) is -3.98. The maximum atomic E-state index is 11.7. The molecule has 0 aliphatic heterocycles. The van der Waals surface area contributed by atoms with Crippen molar-refractivity contribution < 1.29 is 27.3 Å². The molecule has 1 N–H and O–H groups in total. The lowest BCUT2D eigenvalue weighted by Gasteiger charge is -2.11. The zero-order valence-electron chi connectivity index (χ0n) is 9.95. The fourth-order valence-corrected chi connectivity index (χ4v) is 1.94. The van der Waals surface area contributed by atoms with E-state index in [1.165, 1.54) is 0 Å². The van der Waals surface area contributed by atoms with Crippen molar-refractivity contribution in [2.75, 3.05) is 26.6 Å². The third kappa shape index (κ3) is 12.2. The zero-order chi connectivity index (χ0) is 13.0. The fraction of sp³-hybridized carbons (Fsp3) is 1.00. The molecule has 0 aromatic rings. The van der Waals surface area contributed by atoms with Crippen LogP contribution in [0.15, 0.2) is 0 Å². The molecule has 0 aliphatic carbocycles. The Hall–Kier alpha value is -0.0300. The highest BCUT2D eigenvalue weighted by Gasteiger charge is 2.19. The molecule has 7 heteroatoms. The molecule has 0 rings (SSSR count). The molecule has 0 saturated heterocycles. The number of halogens is 2. The van der Waals surface area contributed by atoms with Crippen molar-refractivity contribution in [3.8, 4) is 0 Å². The van der Waals surface area contributed by atoms with E-state index in [-0.39, 0.29) is 26.6 Å². The predicted octanol–water partition coefficient (Wildman–Crippen LogP) is 3.40. The smallest absolute Gasteiger partial charge is 0.302 e. The van der Waals surface area contributed by atoms with Gasteiger partial charge in [-0.2, -0.15) is 0 Å². The van der Waals surface area contributed by atoms with Crippen molar-refractivity contribution in [2.45, 2.75) is 38.5 Å². The third-order valence-corrected chi connectivity index (χ3v) is 3.08. The number of rotatable bonds is 12. The van der Waals surface area contributed by atoms with Gasteiger partial charge in [-0.05, 0) is 38.5 Å². The van der Waals surface area contributed by atoms with Crippen LogP contribution in [0.3, 0.4) is 0 Å². The van der Waals surface area contributed by atoms with Crippen LogP contribution in [-0.4, -0.2) is 31.5 Å². The molecule has 0 aromatic carbocycles. The van der Waals surface area contributed by atoms with Gasteiger partial charge in [0.15, 0.2) is 0 Å². The van der Waals surface area contributed by atoms with E-state index in [9.17, 15) is 18.2 Å². The topological polar surface area (TPSA) is 55.8 Å². The summed E-state index contributed by atoms with van der Waals surface area (Å²) >= 11 is 0. The second-order valence-corrected chi connectivity index (χ2v) is 5.09. The summed E-state index contributed by atoms with van der Waals surface area (Å²) in [6.07, 6.45) is 3.16. The molecule has 4 nitrogen and oxygen atoms in total. The van der Waals surface area contributed by atoms with Crippen molar-refractivity contribution in [1.82, 2.24) is 0 Å². The van der Waals surface area contributed by atoms with E-state index in [4.69, 9.17) is 0 Å². The van der Waals surface area contributed by atoms with Crippen LogP contribution >= 0.6 is 7.82 Å². The summed E-state index contributed by atoms with van der Waals surface area (Å²) in [5.74, 6) is 0. The normalized spacial score (nSPS) is 11.9. The molecule has 0 bridgehead atoms. The molecular formula is C10H21F2O4P. The highest BCUT2D eigenvalue weighted by atomic mass is 31.2. The monoisotopic (exact) mass is 274 g/mol. The number of hydrogen-bond acceptors (Lipinski definition) is 3. The number of hydrogen-bond donors (Lipinski definition) is 1. The van der Waals surface area contributed by atoms with Crippen molar-refractivity contribution in [1.29, 1.82) is 0 Å². The van der Waals surface area contributed by atoms with Crippen molar-refractivity contribution in [2.24, 2.45) is 0 Å². The molecule has 0 spiro atoms. The summed E-state index contributed by atoms with van der Waals surface area (Å²) in [5, 5.41) is 0. The molecule has 0 fully saturated rings. The third-order valence-electron chi connectivity index (χ3n) is 2.06. The molecule has 0 aromatic heterocycles. The second kappa shape index (κ2) is 11.1. The van der Waals surface area contributed by atoms with Gasteiger partial charge in [-0.15, -0.1) is 0 Å². The van der Waals surface area contributed by atoms with E-state index in [2.05, 4.69) is 9.05 Å². The summed E-state index contributed by atoms with van der Waals surface area (Å²) in [6.45, 7) is -0.611. The van der Waals surface area contributed by atoms with Crippen molar-refractivity contribution in [3.63, 3.8) is 0 Å². The molecule has 0 amide bonds. The lowest BCUT2D eigenvalue weighted by atomic mass is 10.3. The molecular weight excluding hydrogens is 253 g/mol. The first-order valence-electron chi connectivity index (χ1n) is 5.86. The predicted molar refractivity (Wildman–Crippen MR) is 61.4 cm³/mol. The Bertz CT molecular complexity index is 198. The lowest BCUT2D eigenvalue weighted by Crippen LogP contribution is -1.99. The van der Waals surface area contributed by atoms with E-state index >= 15 is 0 Å². The average Bonchev–Trinajstić information content (AvgIpc) is 2.28. The van der Waals surface area contributed by atoms with Crippen LogP contribution in [0.5, 0.6) is 0 Å². The van der Waals surface area contributed by atoms with Gasteiger partial charge in [0.2, 0.25) is 0 Å². The minimum Gasteiger partial charge on any atom is -0.302 e. The van der Waals surface area contributed by atoms with Gasteiger partial charge in [-0.1, -0.05) is 0 Å². The standard InChI is InChI=1S/C10H21F2O4P/c11-7-3-1-5-9-15-17(13,14)16-10-6-2-4-8-12/h1-10H2,(H,13,14). The SMILES string of the molecule is O=P(O)(OCCCCCF)OCCCCCF. The molecule has 104 valence electrons. The molecule has 17 heavy (non-hydrogen) atoms. The number of phosphoric ester groups is 1. The highest BCUT2D eigenvalue weighted by Crippen LogP contribution is 2.43. The van der Waals surface area contributed by atoms with E-state index in [1.54, 1.807) is 0 Å². The minimum absolute atomic E-state index is 0.0816. The van der Waals surface area contributed by atoms with Crippen molar-refractivity contribution in [3.05, 3.63) is 0 Å². The fourth-order valence-electron chi connectivity index (χ4n) is 1.14. The van der Waals surface area contributed by atoms with Gasteiger partial charge in [0, 0.05) is 0 Å². The molecule has 0 atom stereocenters. The molecule has 0 aliphatic rings. The van der Waals surface area contributed by atoms with Crippen LogP contribution in [0.4, 0.5) is 8.78 Å². The first-order valence-corrected chi connectivity index (χ1v) is 7.36. The Balaban J connectivity index is 3.42. The molecule has 0 radical (unpaired) electrons. The van der Waals surface area contributed by atoms with Crippen LogP contribution in [0.1, 0.15) is 38.5 Å². The lowest BCUT2D eigenvalue weighted by molar-refractivity contribution is 0.145. The van der Waals surface area contributed by atoms with Crippen LogP contribution in [0.25, 0.3) is 0 Å². The number of unbranched alkanes of at least 4 members (excludes halogenated alkanes) is 4.